The topological polar surface area (TPSA) is 175 Å². The number of amides is 1. The second kappa shape index (κ2) is 47.6. The summed E-state index contributed by atoms with van der Waals surface area (Å²) in [5.74, 6) is -1.27. The summed E-state index contributed by atoms with van der Waals surface area (Å²) in [6.07, 6.45) is 51.7. The van der Waals surface area contributed by atoms with Gasteiger partial charge in [-0.3, -0.25) is 9.59 Å². The van der Waals surface area contributed by atoms with E-state index in [2.05, 4.69) is 99.0 Å². The third-order valence-corrected chi connectivity index (χ3v) is 12.5. The lowest BCUT2D eigenvalue weighted by atomic mass is 9.99. The molecule has 11 heteroatoms. The number of ether oxygens (including phenoxy) is 3. The third-order valence-electron chi connectivity index (χ3n) is 12.5. The summed E-state index contributed by atoms with van der Waals surface area (Å²) < 4.78 is 17.5. The third kappa shape index (κ3) is 36.2. The molecule has 406 valence electrons. The van der Waals surface area contributed by atoms with Gasteiger partial charge in [-0.15, -0.1) is 0 Å². The van der Waals surface area contributed by atoms with Gasteiger partial charge < -0.3 is 45.1 Å². The van der Waals surface area contributed by atoms with Crippen molar-refractivity contribution in [3.8, 4) is 0 Å². The van der Waals surface area contributed by atoms with Crippen LogP contribution in [0.4, 0.5) is 0 Å². The molecule has 1 aliphatic rings. The fourth-order valence-electron chi connectivity index (χ4n) is 8.07. The molecule has 8 unspecified atom stereocenters. The van der Waals surface area contributed by atoms with Gasteiger partial charge in [-0.25, -0.2) is 0 Å². The van der Waals surface area contributed by atoms with Crippen molar-refractivity contribution in [1.29, 1.82) is 0 Å². The van der Waals surface area contributed by atoms with Gasteiger partial charge in [0.15, 0.2) is 12.4 Å². The Morgan fingerprint density at radius 1 is 0.563 bits per heavy atom. The quantitative estimate of drug-likeness (QED) is 0.0196. The van der Waals surface area contributed by atoms with E-state index in [0.717, 1.165) is 109 Å². The molecule has 8 atom stereocenters. The van der Waals surface area contributed by atoms with Gasteiger partial charge in [0.1, 0.15) is 24.4 Å². The number of esters is 1. The van der Waals surface area contributed by atoms with Crippen molar-refractivity contribution in [1.82, 2.24) is 5.32 Å². The standard InChI is InChI=1S/C60H101NO10/c1-4-7-10-13-16-19-22-25-27-28-29-32-35-38-41-44-47-53(64)59(68)61-51(52(63)46-43-40-37-34-31-24-21-18-15-12-9-6-3)50-69-60-58(57(67)56(66)54(49-62)70-60)71-55(65)48-45-42-39-36-33-30-26-23-20-17-14-11-8-5-2/h7-8,10-11,16-17,19-20,25,27,29,32,38,41,43,46,51-54,56-58,60,62-64,66-67H,4-6,9,12-15,18,21-24,26,28,30-31,33-37,39-40,42,44-45,47-50H2,1-3H3,(H,61,68)/b10-7-,11-8+,19-16-,20-17+,27-25-,32-29-,41-38-,46-43+. The average molecular weight is 996 g/mol. The molecule has 0 aromatic carbocycles. The van der Waals surface area contributed by atoms with Crippen LogP contribution in [0.25, 0.3) is 0 Å². The van der Waals surface area contributed by atoms with E-state index in [0.29, 0.717) is 12.8 Å². The molecule has 0 aromatic rings. The molecular weight excluding hydrogens is 895 g/mol. The lowest BCUT2D eigenvalue weighted by molar-refractivity contribution is -0.305. The van der Waals surface area contributed by atoms with Crippen LogP contribution in [0, 0.1) is 0 Å². The van der Waals surface area contributed by atoms with Crippen LogP contribution in [0.1, 0.15) is 207 Å². The Morgan fingerprint density at radius 3 is 1.52 bits per heavy atom. The van der Waals surface area contributed by atoms with Gasteiger partial charge in [0.25, 0.3) is 0 Å². The van der Waals surface area contributed by atoms with Crippen molar-refractivity contribution in [3.05, 3.63) is 97.2 Å². The van der Waals surface area contributed by atoms with E-state index in [1.165, 1.54) is 51.4 Å². The molecule has 1 heterocycles. The van der Waals surface area contributed by atoms with E-state index < -0.39 is 67.4 Å². The minimum Gasteiger partial charge on any atom is -0.454 e. The van der Waals surface area contributed by atoms with Crippen molar-refractivity contribution in [3.63, 3.8) is 0 Å². The smallest absolute Gasteiger partial charge is 0.306 e. The van der Waals surface area contributed by atoms with Crippen molar-refractivity contribution >= 4 is 11.9 Å². The molecular formula is C60H101NO10. The zero-order valence-electron chi connectivity index (χ0n) is 44.6. The first kappa shape index (κ1) is 65.6. The monoisotopic (exact) mass is 996 g/mol. The SMILES string of the molecule is CC/C=C\C/C=C\C/C=C\C/C=C\C/C=C\CCC(O)C(=O)NC(COC1OC(CO)C(O)C(O)C1OC(=O)CCCCCCCCC/C=C/C/C=C/CC)C(O)/C=C/CCCCCCCCCCCC. The van der Waals surface area contributed by atoms with Crippen LogP contribution < -0.4 is 5.32 Å². The lowest BCUT2D eigenvalue weighted by Crippen LogP contribution is -2.61. The van der Waals surface area contributed by atoms with Gasteiger partial charge in [-0.1, -0.05) is 208 Å². The van der Waals surface area contributed by atoms with E-state index >= 15 is 0 Å². The highest BCUT2D eigenvalue weighted by atomic mass is 16.7. The van der Waals surface area contributed by atoms with Crippen LogP contribution in [0.15, 0.2) is 97.2 Å². The maximum Gasteiger partial charge on any atom is 0.306 e. The second-order valence-corrected chi connectivity index (χ2v) is 18.9. The maximum absolute atomic E-state index is 13.3. The largest absolute Gasteiger partial charge is 0.454 e. The van der Waals surface area contributed by atoms with E-state index in [1.807, 2.05) is 18.2 Å². The van der Waals surface area contributed by atoms with E-state index in [4.69, 9.17) is 14.2 Å². The number of aliphatic hydroxyl groups excluding tert-OH is 5. The normalized spacial score (nSPS) is 20.4. The summed E-state index contributed by atoms with van der Waals surface area (Å²) >= 11 is 0. The van der Waals surface area contributed by atoms with E-state index in [9.17, 15) is 35.1 Å². The molecule has 71 heavy (non-hydrogen) atoms. The van der Waals surface area contributed by atoms with Crippen molar-refractivity contribution in [2.45, 2.75) is 256 Å². The molecule has 0 aliphatic carbocycles. The Kier molecular flexibility index (Phi) is 44.0. The molecule has 0 bridgehead atoms. The molecule has 1 amide bonds. The molecule has 1 aliphatic heterocycles. The lowest BCUT2D eigenvalue weighted by Gasteiger charge is -2.41. The second-order valence-electron chi connectivity index (χ2n) is 18.9. The number of carbonyl (C=O) groups excluding carboxylic acids is 2. The first-order valence-electron chi connectivity index (χ1n) is 28.0. The van der Waals surface area contributed by atoms with Crippen LogP contribution in [0.3, 0.4) is 0 Å². The molecule has 6 N–H and O–H groups in total. The van der Waals surface area contributed by atoms with Crippen LogP contribution >= 0.6 is 0 Å². The fraction of sp³-hybridized carbons (Fsp3) is 0.700. The number of hydrogen-bond acceptors (Lipinski definition) is 10. The number of unbranched alkanes of at least 4 members (excludes halogenated alkanes) is 17. The van der Waals surface area contributed by atoms with Crippen molar-refractivity contribution in [2.24, 2.45) is 0 Å². The fourth-order valence-corrected chi connectivity index (χ4v) is 8.07. The zero-order chi connectivity index (χ0) is 51.8. The molecule has 0 aromatic heterocycles. The predicted octanol–water partition coefficient (Wildman–Crippen LogP) is 12.4. The Morgan fingerprint density at radius 2 is 1.01 bits per heavy atom. The Balaban J connectivity index is 2.80. The number of nitrogens with one attached hydrogen (secondary N) is 1. The highest BCUT2D eigenvalue weighted by Gasteiger charge is 2.47. The first-order chi connectivity index (χ1) is 34.7. The molecule has 1 saturated heterocycles. The Bertz CT molecular complexity index is 1520. The maximum atomic E-state index is 13.3. The van der Waals surface area contributed by atoms with Crippen LogP contribution in [0.2, 0.25) is 0 Å². The summed E-state index contributed by atoms with van der Waals surface area (Å²) in [6.45, 7) is 5.50. The minimum absolute atomic E-state index is 0.103. The molecule has 0 saturated carbocycles. The van der Waals surface area contributed by atoms with Gasteiger partial charge in [0.05, 0.1) is 25.4 Å². The van der Waals surface area contributed by atoms with Crippen LogP contribution in [0.5, 0.6) is 0 Å². The Labute approximate surface area is 431 Å². The molecule has 1 fully saturated rings. The summed E-state index contributed by atoms with van der Waals surface area (Å²) in [5, 5.41) is 56.7. The van der Waals surface area contributed by atoms with Crippen LogP contribution in [-0.4, -0.2) is 99.6 Å². The van der Waals surface area contributed by atoms with E-state index in [1.54, 1.807) is 6.08 Å². The van der Waals surface area contributed by atoms with Gasteiger partial charge in [0, 0.05) is 6.42 Å². The van der Waals surface area contributed by atoms with Crippen molar-refractivity contribution < 1.29 is 49.3 Å². The first-order valence-corrected chi connectivity index (χ1v) is 28.0. The molecule has 0 radical (unpaired) electrons. The number of rotatable bonds is 45. The minimum atomic E-state index is -1.63. The summed E-state index contributed by atoms with van der Waals surface area (Å²) in [7, 11) is 0. The Hall–Kier alpha value is -3.42. The molecule has 1 rings (SSSR count). The summed E-state index contributed by atoms with van der Waals surface area (Å²) in [6, 6.07) is -1.06. The van der Waals surface area contributed by atoms with Gasteiger partial charge in [-0.2, -0.15) is 0 Å². The predicted molar refractivity (Wildman–Crippen MR) is 292 cm³/mol. The van der Waals surface area contributed by atoms with E-state index in [-0.39, 0.29) is 19.4 Å². The molecule has 0 spiro atoms. The number of carbonyl (C=O) groups is 2. The number of aliphatic hydroxyl groups is 5. The number of hydrogen-bond donors (Lipinski definition) is 6. The summed E-state index contributed by atoms with van der Waals surface area (Å²) in [5.41, 5.74) is 0. The van der Waals surface area contributed by atoms with Gasteiger partial charge in [0.2, 0.25) is 5.91 Å². The zero-order valence-corrected chi connectivity index (χ0v) is 44.6. The number of allylic oxidation sites excluding steroid dienone is 15. The summed E-state index contributed by atoms with van der Waals surface area (Å²) in [4.78, 5) is 26.4. The van der Waals surface area contributed by atoms with Gasteiger partial charge in [-0.05, 0) is 89.9 Å². The highest BCUT2D eigenvalue weighted by Crippen LogP contribution is 2.26. The van der Waals surface area contributed by atoms with Crippen molar-refractivity contribution in [2.75, 3.05) is 13.2 Å². The van der Waals surface area contributed by atoms with Crippen LogP contribution in [-0.2, 0) is 23.8 Å². The molecule has 11 nitrogen and oxygen atoms in total. The highest BCUT2D eigenvalue weighted by molar-refractivity contribution is 5.80. The van der Waals surface area contributed by atoms with Gasteiger partial charge >= 0.3 is 5.97 Å². The average Bonchev–Trinajstić information content (AvgIpc) is 3.37.